The molecule has 2 aliphatic rings. The van der Waals surface area contributed by atoms with Crippen molar-refractivity contribution in [1.29, 1.82) is 0 Å². The fraction of sp³-hybridized carbons (Fsp3) is 0.562. The number of nitrogens with one attached hydrogen (secondary N) is 1. The lowest BCUT2D eigenvalue weighted by molar-refractivity contribution is -0.138. The molecule has 2 fully saturated rings. The van der Waals surface area contributed by atoms with Gasteiger partial charge in [-0.15, -0.1) is 0 Å². The molecule has 1 N–H and O–H groups in total. The van der Waals surface area contributed by atoms with Crippen LogP contribution in [0.4, 0.5) is 4.39 Å². The Labute approximate surface area is 119 Å². The Morgan fingerprint density at radius 2 is 2.00 bits per heavy atom. The summed E-state index contributed by atoms with van der Waals surface area (Å²) in [7, 11) is 0. The Morgan fingerprint density at radius 3 is 2.70 bits per heavy atom. The zero-order valence-electron chi connectivity index (χ0n) is 11.6. The van der Waals surface area contributed by atoms with Crippen molar-refractivity contribution in [2.45, 2.75) is 31.7 Å². The molecule has 3 nitrogen and oxygen atoms in total. The summed E-state index contributed by atoms with van der Waals surface area (Å²) < 4.78 is 13.1. The number of piperidine rings is 1. The molecule has 2 unspecified atom stereocenters. The molecule has 1 aromatic carbocycles. The van der Waals surface area contributed by atoms with Gasteiger partial charge in [-0.05, 0) is 49.9 Å². The van der Waals surface area contributed by atoms with E-state index in [9.17, 15) is 9.18 Å². The highest BCUT2D eigenvalue weighted by Crippen LogP contribution is 2.32. The molecule has 1 aromatic rings. The molecule has 108 valence electrons. The van der Waals surface area contributed by atoms with E-state index >= 15 is 0 Å². The lowest BCUT2D eigenvalue weighted by atomic mass is 9.93. The molecule has 2 atom stereocenters. The van der Waals surface area contributed by atoms with E-state index in [1.54, 1.807) is 0 Å². The smallest absolute Gasteiger partial charge is 0.227 e. The maximum atomic E-state index is 13.1. The van der Waals surface area contributed by atoms with Gasteiger partial charge in [0.05, 0.1) is 12.0 Å². The lowest BCUT2D eigenvalue weighted by Crippen LogP contribution is -2.42. The minimum atomic E-state index is -0.220. The minimum absolute atomic E-state index is 0.121. The van der Waals surface area contributed by atoms with Gasteiger partial charge in [0.25, 0.3) is 0 Å². The molecule has 3 rings (SSSR count). The monoisotopic (exact) mass is 276 g/mol. The Hall–Kier alpha value is -1.42. The molecule has 2 saturated heterocycles. The summed E-state index contributed by atoms with van der Waals surface area (Å²) >= 11 is 0. The number of carbonyl (C=O) groups is 1. The van der Waals surface area contributed by atoms with Crippen molar-refractivity contribution in [3.05, 3.63) is 35.6 Å². The number of rotatable bonds is 2. The molecule has 0 saturated carbocycles. The molecule has 1 amide bonds. The van der Waals surface area contributed by atoms with Crippen LogP contribution < -0.4 is 5.32 Å². The Balaban J connectivity index is 1.79. The third-order valence-electron chi connectivity index (χ3n) is 4.45. The lowest BCUT2D eigenvalue weighted by Gasteiger charge is -2.37. The summed E-state index contributed by atoms with van der Waals surface area (Å²) in [5.74, 6) is 0.169. The van der Waals surface area contributed by atoms with Crippen molar-refractivity contribution >= 4 is 5.91 Å². The largest absolute Gasteiger partial charge is 0.335 e. The zero-order chi connectivity index (χ0) is 13.9. The molecular formula is C16H21FN2O. The van der Waals surface area contributed by atoms with E-state index in [2.05, 4.69) is 5.32 Å². The number of halogens is 1. The highest BCUT2D eigenvalue weighted by molar-refractivity contribution is 5.80. The quantitative estimate of drug-likeness (QED) is 0.900. The molecule has 4 heteroatoms. The van der Waals surface area contributed by atoms with E-state index in [4.69, 9.17) is 0 Å². The maximum Gasteiger partial charge on any atom is 0.227 e. The topological polar surface area (TPSA) is 32.3 Å². The van der Waals surface area contributed by atoms with Crippen molar-refractivity contribution in [3.63, 3.8) is 0 Å². The van der Waals surface area contributed by atoms with Crippen LogP contribution in [0.2, 0.25) is 0 Å². The third-order valence-corrected chi connectivity index (χ3v) is 4.45. The average Bonchev–Trinajstić information content (AvgIpc) is 3.02. The Morgan fingerprint density at radius 1 is 1.20 bits per heavy atom. The van der Waals surface area contributed by atoms with E-state index in [1.165, 1.54) is 12.1 Å². The van der Waals surface area contributed by atoms with Crippen molar-refractivity contribution in [3.8, 4) is 0 Å². The van der Waals surface area contributed by atoms with Crippen LogP contribution in [0.25, 0.3) is 0 Å². The molecule has 0 aromatic heterocycles. The number of nitrogens with zero attached hydrogens (tertiary/aromatic N) is 1. The van der Waals surface area contributed by atoms with Crippen LogP contribution in [0, 0.1) is 11.7 Å². The molecule has 0 bridgehead atoms. The predicted molar refractivity (Wildman–Crippen MR) is 75.7 cm³/mol. The van der Waals surface area contributed by atoms with Crippen LogP contribution in [0.5, 0.6) is 0 Å². The summed E-state index contributed by atoms with van der Waals surface area (Å²) in [6.07, 6.45) is 4.13. The molecule has 0 spiro atoms. The van der Waals surface area contributed by atoms with Gasteiger partial charge in [-0.2, -0.15) is 0 Å². The number of carbonyl (C=O) groups excluding carboxylic acids is 1. The van der Waals surface area contributed by atoms with E-state index in [0.29, 0.717) is 0 Å². The van der Waals surface area contributed by atoms with E-state index < -0.39 is 0 Å². The number of likely N-dealkylation sites (tertiary alicyclic amines) is 1. The molecule has 2 heterocycles. The van der Waals surface area contributed by atoms with E-state index in [0.717, 1.165) is 50.9 Å². The first-order valence-electron chi connectivity index (χ1n) is 7.52. The predicted octanol–water partition coefficient (Wildman–Crippen LogP) is 2.49. The van der Waals surface area contributed by atoms with Crippen LogP contribution in [-0.2, 0) is 4.79 Å². The van der Waals surface area contributed by atoms with Crippen LogP contribution >= 0.6 is 0 Å². The van der Waals surface area contributed by atoms with E-state index in [-0.39, 0.29) is 23.7 Å². The molecule has 0 radical (unpaired) electrons. The van der Waals surface area contributed by atoms with Gasteiger partial charge in [-0.1, -0.05) is 12.1 Å². The van der Waals surface area contributed by atoms with Gasteiger partial charge in [-0.25, -0.2) is 4.39 Å². The summed E-state index contributed by atoms with van der Waals surface area (Å²) in [5.41, 5.74) is 1.06. The number of hydrogen-bond donors (Lipinski definition) is 1. The van der Waals surface area contributed by atoms with Crippen LogP contribution in [0.1, 0.15) is 37.3 Å². The normalized spacial score (nSPS) is 26.8. The van der Waals surface area contributed by atoms with Gasteiger partial charge in [0.15, 0.2) is 0 Å². The summed E-state index contributed by atoms with van der Waals surface area (Å²) in [6.45, 7) is 2.56. The van der Waals surface area contributed by atoms with Gasteiger partial charge in [-0.3, -0.25) is 4.79 Å². The van der Waals surface area contributed by atoms with Crippen molar-refractivity contribution in [2.24, 2.45) is 5.92 Å². The third kappa shape index (κ3) is 2.70. The fourth-order valence-electron chi connectivity index (χ4n) is 3.33. The summed E-state index contributed by atoms with van der Waals surface area (Å²) in [5, 5.41) is 3.26. The van der Waals surface area contributed by atoms with Crippen molar-refractivity contribution < 1.29 is 9.18 Å². The first-order valence-corrected chi connectivity index (χ1v) is 7.52. The Kier molecular flexibility index (Phi) is 4.01. The second kappa shape index (κ2) is 5.92. The van der Waals surface area contributed by atoms with Crippen molar-refractivity contribution in [1.82, 2.24) is 10.2 Å². The summed E-state index contributed by atoms with van der Waals surface area (Å²) in [4.78, 5) is 14.7. The SMILES string of the molecule is O=C(C1CCNC1)N1CCCCC1c1ccc(F)cc1. The van der Waals surface area contributed by atoms with Crippen LogP contribution in [-0.4, -0.2) is 30.4 Å². The second-order valence-electron chi connectivity index (χ2n) is 5.78. The Bertz CT molecular complexity index is 468. The standard InChI is InChI=1S/C16H21FN2O/c17-14-6-4-12(5-7-14)15-3-1-2-10-19(15)16(20)13-8-9-18-11-13/h4-7,13,15,18H,1-3,8-11H2. The van der Waals surface area contributed by atoms with Gasteiger partial charge in [0.1, 0.15) is 5.82 Å². The number of amides is 1. The molecule has 2 aliphatic heterocycles. The van der Waals surface area contributed by atoms with Crippen LogP contribution in [0.3, 0.4) is 0 Å². The highest BCUT2D eigenvalue weighted by atomic mass is 19.1. The van der Waals surface area contributed by atoms with Gasteiger partial charge in [0, 0.05) is 13.1 Å². The van der Waals surface area contributed by atoms with Crippen LogP contribution in [0.15, 0.2) is 24.3 Å². The molecular weight excluding hydrogens is 255 g/mol. The fourth-order valence-corrected chi connectivity index (χ4v) is 3.33. The minimum Gasteiger partial charge on any atom is -0.335 e. The maximum absolute atomic E-state index is 13.1. The number of hydrogen-bond acceptors (Lipinski definition) is 2. The zero-order valence-corrected chi connectivity index (χ0v) is 11.6. The molecule has 20 heavy (non-hydrogen) atoms. The molecule has 0 aliphatic carbocycles. The van der Waals surface area contributed by atoms with E-state index in [1.807, 2.05) is 17.0 Å². The number of benzene rings is 1. The first-order chi connectivity index (χ1) is 9.75. The first kappa shape index (κ1) is 13.6. The van der Waals surface area contributed by atoms with Gasteiger partial charge in [0.2, 0.25) is 5.91 Å². The average molecular weight is 276 g/mol. The highest BCUT2D eigenvalue weighted by Gasteiger charge is 2.33. The summed E-state index contributed by atoms with van der Waals surface area (Å²) in [6, 6.07) is 6.74. The van der Waals surface area contributed by atoms with Gasteiger partial charge < -0.3 is 10.2 Å². The second-order valence-corrected chi connectivity index (χ2v) is 5.78. The van der Waals surface area contributed by atoms with Crippen molar-refractivity contribution in [2.75, 3.05) is 19.6 Å². The van der Waals surface area contributed by atoms with Gasteiger partial charge >= 0.3 is 0 Å².